The lowest BCUT2D eigenvalue weighted by atomic mass is 9.96. The van der Waals surface area contributed by atoms with Crippen LogP contribution in [-0.2, 0) is 110 Å². The van der Waals surface area contributed by atoms with Gasteiger partial charge in [0.05, 0.1) is 56.3 Å². The summed E-state index contributed by atoms with van der Waals surface area (Å²) in [5.74, 6) is -23.3. The van der Waals surface area contributed by atoms with Gasteiger partial charge in [-0.25, -0.2) is 0 Å². The number of phenols is 2. The Morgan fingerprint density at radius 1 is 0.424 bits per heavy atom. The number of nitrogens with two attached hydrogens (primary N) is 1. The van der Waals surface area contributed by atoms with Crippen LogP contribution in [-0.4, -0.2) is 311 Å². The molecule has 730 valence electrons. The molecule has 0 aromatic heterocycles. The summed E-state index contributed by atoms with van der Waals surface area (Å²) in [6.45, 7) is 8.26. The van der Waals surface area contributed by atoms with Gasteiger partial charge >= 0.3 is 17.9 Å². The summed E-state index contributed by atoms with van der Waals surface area (Å²) in [6, 6.07) is -4.22. The maximum atomic E-state index is 14.7. The van der Waals surface area contributed by atoms with Crippen molar-refractivity contribution in [3.05, 3.63) is 95.6 Å². The highest BCUT2D eigenvalue weighted by Gasteiger charge is 2.40. The Kier molecular flexibility index (Phi) is 49.2. The van der Waals surface area contributed by atoms with E-state index in [9.17, 15) is 137 Å². The number of amides is 16. The van der Waals surface area contributed by atoms with Gasteiger partial charge in [0.2, 0.25) is 94.5 Å². The number of hydrogen-bond donors (Lipinski definition) is 25. The third kappa shape index (κ3) is 41.2. The van der Waals surface area contributed by atoms with Crippen LogP contribution in [0, 0.1) is 11.8 Å². The van der Waals surface area contributed by atoms with Gasteiger partial charge in [-0.2, -0.15) is 0 Å². The Labute approximate surface area is 766 Å². The zero-order chi connectivity index (χ0) is 98.4. The number of aliphatic carboxylic acids is 3. The number of rotatable bonds is 59. The number of hydrogen-bond acceptors (Lipinski definition) is 27. The number of unbranched alkanes of at least 4 members (excludes halogenated alkanes) is 1. The van der Waals surface area contributed by atoms with Gasteiger partial charge in [0.15, 0.2) is 0 Å². The van der Waals surface area contributed by atoms with Crippen LogP contribution in [0.5, 0.6) is 11.5 Å². The fourth-order valence-corrected chi connectivity index (χ4v) is 14.1. The number of aromatic hydroxyl groups is 2. The zero-order valence-electron chi connectivity index (χ0n) is 74.7. The molecule has 1 aliphatic heterocycles. The minimum atomic E-state index is -2.23. The van der Waals surface area contributed by atoms with E-state index in [0.29, 0.717) is 56.4 Å². The van der Waals surface area contributed by atoms with Gasteiger partial charge in [-0.3, -0.25) is 91.1 Å². The van der Waals surface area contributed by atoms with Gasteiger partial charge in [-0.05, 0) is 119 Å². The first-order valence-electron chi connectivity index (χ1n) is 43.3. The molecular formula is C86H127N17O28S. The number of carboxylic acid groups (broad SMARTS) is 3. The maximum absolute atomic E-state index is 14.7. The van der Waals surface area contributed by atoms with E-state index in [1.807, 2.05) is 0 Å². The predicted octanol–water partition coefficient (Wildman–Crippen LogP) is -5.40. The topological polar surface area (TPSA) is 716 Å². The number of carbonyl (C=O) groups excluding carboxylic acids is 16. The molecule has 26 N–H and O–H groups in total. The van der Waals surface area contributed by atoms with E-state index in [-0.39, 0.29) is 66.2 Å². The lowest BCUT2D eigenvalue weighted by Gasteiger charge is -2.30. The Morgan fingerprint density at radius 2 is 0.848 bits per heavy atom. The summed E-state index contributed by atoms with van der Waals surface area (Å²) >= 11 is 0.869. The van der Waals surface area contributed by atoms with Crippen molar-refractivity contribution in [3.8, 4) is 11.5 Å². The number of nitrogens with zero attached hydrogens (tertiary/aromatic N) is 1. The first-order valence-corrected chi connectivity index (χ1v) is 44.5. The van der Waals surface area contributed by atoms with Crippen LogP contribution >= 0.6 is 11.8 Å². The number of benzene rings is 3. The number of likely N-dealkylation sites (tertiary alicyclic amines) is 1. The van der Waals surface area contributed by atoms with Gasteiger partial charge in [-0.15, -0.1) is 11.8 Å². The second-order valence-corrected chi connectivity index (χ2v) is 33.5. The standard InChI is InChI=1S/C86H127N17O28S/c1-8-47(4)72(84(129)96-59(38-53-23-27-55(109)28-24-53)78(123)92-57(35-46(2)3)77(122)94-61(39-70(116)117)76(121)90-48(5)17-14-15-31-87)101-83(128)64(43-105)98-79(124)58(37-52-21-25-54(108)26-22-52)93-80(125)62(40-71(118)119)95-82(127)63(42-104)99-86(131)74(50(7)107)102-81(126)60(36-51-18-11-9-12-19-51)97-85(130)73(49(6)106)100-65(110)41-89-75(120)56(29-30-69(114)115)91-67(112)45-132-44-66(111)88-32-34-103-33-16-10-13-20-68(103)113/h9,11-12,18-19,21-28,46-50,56-64,72-74,104-109H,8,10,13-17,20,29-45,87H2,1-7H3,(H,88,111)(H,89,120)(H,90,121)(H,91,112)(H,92,123)(H,93,125)(H,94,122)(H,95,127)(H,96,129)(H,97,130)(H,98,124)(H,99,131)(H,100,110)(H,101,128)(H,102,126)(H,114,115)(H,116,117)(H,118,119)/t47-,48+,49+,50+,56-,57-,58-,59-,60-,61-,62-,63-,64-,72-,73-,74-/m0/s1. The van der Waals surface area contributed by atoms with Crippen molar-refractivity contribution in [2.24, 2.45) is 17.6 Å². The van der Waals surface area contributed by atoms with Gasteiger partial charge in [-0.1, -0.05) is 102 Å². The molecule has 0 saturated carbocycles. The van der Waals surface area contributed by atoms with Gasteiger partial charge in [0, 0.05) is 57.8 Å². The highest BCUT2D eigenvalue weighted by Crippen LogP contribution is 2.19. The van der Waals surface area contributed by atoms with Crippen LogP contribution < -0.4 is 85.5 Å². The van der Waals surface area contributed by atoms with E-state index in [2.05, 4.69) is 79.8 Å². The van der Waals surface area contributed by atoms with Crippen LogP contribution in [0.3, 0.4) is 0 Å². The third-order valence-electron chi connectivity index (χ3n) is 20.9. The fourth-order valence-electron chi connectivity index (χ4n) is 13.4. The van der Waals surface area contributed by atoms with Crippen molar-refractivity contribution >= 4 is 124 Å². The Bertz CT molecular complexity index is 4380. The quantitative estimate of drug-likeness (QED) is 0.0235. The van der Waals surface area contributed by atoms with Crippen LogP contribution in [0.25, 0.3) is 0 Å². The number of aliphatic hydroxyl groups is 4. The van der Waals surface area contributed by atoms with Crippen molar-refractivity contribution in [1.29, 1.82) is 0 Å². The van der Waals surface area contributed by atoms with Crippen LogP contribution in [0.1, 0.15) is 149 Å². The molecule has 0 radical (unpaired) electrons. The predicted molar refractivity (Wildman–Crippen MR) is 474 cm³/mol. The van der Waals surface area contributed by atoms with Crippen molar-refractivity contribution in [2.45, 2.75) is 242 Å². The molecule has 0 aliphatic carbocycles. The van der Waals surface area contributed by atoms with Crippen LogP contribution in [0.2, 0.25) is 0 Å². The minimum Gasteiger partial charge on any atom is -0.508 e. The average Bonchev–Trinajstić information content (AvgIpc) is 0.905. The SMILES string of the molecule is CC[C@H](C)[C@H](NC(=O)[C@H](CO)NC(=O)[C@H](Cc1ccc(O)cc1)NC(=O)[C@H](CC(=O)O)NC(=O)[C@H](CO)NC(=O)[C@@H](NC(=O)[C@H](Cc1ccccc1)NC(=O)[C@@H](NC(=O)CNC(=O)[C@H](CCC(=O)O)NC(=O)CSCC(=O)NCCN1CCCCCC1=O)[C@@H](C)O)[C@@H](C)O)C(=O)N[C@@H](Cc1ccc(O)cc1)C(=O)N[C@@H](CC(C)C)C(=O)N[C@@H](CC(=O)O)C(=O)N[C@H](C)CCCCN. The van der Waals surface area contributed by atoms with Crippen molar-refractivity contribution < 1.29 is 137 Å². The number of carboxylic acids is 3. The Balaban J connectivity index is 1.52. The second kappa shape index (κ2) is 58.2. The van der Waals surface area contributed by atoms with Crippen LogP contribution in [0.15, 0.2) is 78.9 Å². The van der Waals surface area contributed by atoms with E-state index in [0.717, 1.165) is 44.9 Å². The molecular weight excluding hydrogens is 1750 g/mol. The normalized spacial score (nSPS) is 15.6. The molecule has 4 rings (SSSR count). The summed E-state index contributed by atoms with van der Waals surface area (Å²) < 4.78 is 0. The molecule has 1 fully saturated rings. The number of carbonyl (C=O) groups is 19. The highest BCUT2D eigenvalue weighted by atomic mass is 32.2. The molecule has 0 bridgehead atoms. The molecule has 1 saturated heterocycles. The van der Waals surface area contributed by atoms with E-state index < -0.39 is 261 Å². The molecule has 132 heavy (non-hydrogen) atoms. The van der Waals surface area contributed by atoms with Crippen molar-refractivity contribution in [1.82, 2.24) is 84.7 Å². The summed E-state index contributed by atoms with van der Waals surface area (Å²) in [4.78, 5) is 259. The molecule has 1 aliphatic rings. The van der Waals surface area contributed by atoms with Crippen LogP contribution in [0.4, 0.5) is 0 Å². The molecule has 3 aromatic rings. The molecule has 0 spiro atoms. The summed E-state index contributed by atoms with van der Waals surface area (Å²) in [5, 5.41) is 128. The number of nitrogens with one attached hydrogen (secondary N) is 15. The number of thioether (sulfide) groups is 1. The van der Waals surface area contributed by atoms with Crippen molar-refractivity contribution in [2.75, 3.05) is 57.4 Å². The molecule has 1 heterocycles. The summed E-state index contributed by atoms with van der Waals surface area (Å²) in [7, 11) is 0. The maximum Gasteiger partial charge on any atom is 0.305 e. The lowest BCUT2D eigenvalue weighted by Crippen LogP contribution is -2.63. The molecule has 3 aromatic carbocycles. The van der Waals surface area contributed by atoms with E-state index in [4.69, 9.17) is 5.73 Å². The average molecular weight is 1880 g/mol. The van der Waals surface area contributed by atoms with E-state index >= 15 is 0 Å². The van der Waals surface area contributed by atoms with Gasteiger partial charge < -0.3 is 136 Å². The van der Waals surface area contributed by atoms with E-state index in [1.54, 1.807) is 50.8 Å². The largest absolute Gasteiger partial charge is 0.508 e. The molecule has 16 amide bonds. The monoisotopic (exact) mass is 1880 g/mol. The molecule has 45 nitrogen and oxygen atoms in total. The molecule has 0 unspecified atom stereocenters. The zero-order valence-corrected chi connectivity index (χ0v) is 75.5. The van der Waals surface area contributed by atoms with Gasteiger partial charge in [0.1, 0.15) is 84.0 Å². The number of phenolic OH excluding ortho intramolecular Hbond substituents is 2. The first-order chi connectivity index (χ1) is 62.4. The summed E-state index contributed by atoms with van der Waals surface area (Å²) in [5.41, 5.74) is 6.50. The Morgan fingerprint density at radius 3 is 1.34 bits per heavy atom. The lowest BCUT2D eigenvalue weighted by molar-refractivity contribution is -0.142. The third-order valence-corrected chi connectivity index (χ3v) is 21.8. The summed E-state index contributed by atoms with van der Waals surface area (Å²) in [6.07, 6.45) is -3.38. The smallest absolute Gasteiger partial charge is 0.305 e. The van der Waals surface area contributed by atoms with Crippen molar-refractivity contribution in [3.63, 3.8) is 0 Å². The Hall–Kier alpha value is -12.7. The fraction of sp³-hybridized carbons (Fsp3) is 0.570. The molecule has 16 atom stereocenters. The van der Waals surface area contributed by atoms with Gasteiger partial charge in [0.25, 0.3) is 0 Å². The molecule has 46 heteroatoms. The second-order valence-electron chi connectivity index (χ2n) is 32.5. The minimum absolute atomic E-state index is 0.0104. The first kappa shape index (κ1) is 112. The highest BCUT2D eigenvalue weighted by molar-refractivity contribution is 8.00. The van der Waals surface area contributed by atoms with E-state index in [1.165, 1.54) is 67.6 Å². The number of aliphatic hydroxyl groups excluding tert-OH is 4.